The lowest BCUT2D eigenvalue weighted by atomic mass is 9.99. The van der Waals surface area contributed by atoms with E-state index in [9.17, 15) is 0 Å². The van der Waals surface area contributed by atoms with Gasteiger partial charge < -0.3 is 10.1 Å². The molecule has 0 spiro atoms. The lowest BCUT2D eigenvalue weighted by molar-refractivity contribution is 0.416. The highest BCUT2D eigenvalue weighted by atomic mass is 16.5. The summed E-state index contributed by atoms with van der Waals surface area (Å²) in [6.07, 6.45) is 3.38. The first-order chi connectivity index (χ1) is 12.6. The molecule has 0 unspecified atom stereocenters. The van der Waals surface area contributed by atoms with Crippen LogP contribution < -0.4 is 10.1 Å². The summed E-state index contributed by atoms with van der Waals surface area (Å²) in [4.78, 5) is 8.97. The summed E-state index contributed by atoms with van der Waals surface area (Å²) >= 11 is 0. The first-order valence-electron chi connectivity index (χ1n) is 8.38. The number of aromatic nitrogens is 2. The maximum Gasteiger partial charge on any atom is 0.149 e. The van der Waals surface area contributed by atoms with Crippen LogP contribution in [0.3, 0.4) is 0 Å². The van der Waals surface area contributed by atoms with Crippen molar-refractivity contribution in [1.82, 2.24) is 9.97 Å². The molecular weight excluding hydrogens is 324 g/mol. The van der Waals surface area contributed by atoms with Crippen molar-refractivity contribution in [2.75, 3.05) is 12.4 Å². The number of benzene rings is 2. The van der Waals surface area contributed by atoms with E-state index in [1.54, 1.807) is 31.6 Å². The van der Waals surface area contributed by atoms with E-state index < -0.39 is 0 Å². The van der Waals surface area contributed by atoms with E-state index in [-0.39, 0.29) is 0 Å². The second-order valence-corrected chi connectivity index (χ2v) is 6.22. The van der Waals surface area contributed by atoms with E-state index >= 15 is 0 Å². The highest BCUT2D eigenvalue weighted by molar-refractivity contribution is 5.69. The van der Waals surface area contributed by atoms with Crippen LogP contribution in [0.2, 0.25) is 0 Å². The minimum Gasteiger partial charge on any atom is -0.496 e. The summed E-state index contributed by atoms with van der Waals surface area (Å²) < 4.78 is 5.50. The molecule has 5 heteroatoms. The summed E-state index contributed by atoms with van der Waals surface area (Å²) in [5.74, 6) is 1.77. The Bertz CT molecular complexity index is 960. The summed E-state index contributed by atoms with van der Waals surface area (Å²) in [5, 5.41) is 12.2. The van der Waals surface area contributed by atoms with Gasteiger partial charge in [0.1, 0.15) is 11.6 Å². The van der Waals surface area contributed by atoms with Crippen molar-refractivity contribution in [3.8, 4) is 23.1 Å². The molecular formula is C21H20N4O. The minimum atomic E-state index is 0.405. The Morgan fingerprint density at radius 1 is 1.12 bits per heavy atom. The fourth-order valence-corrected chi connectivity index (χ4v) is 2.66. The van der Waals surface area contributed by atoms with Crippen LogP contribution >= 0.6 is 0 Å². The highest BCUT2D eigenvalue weighted by Crippen LogP contribution is 2.32. The Morgan fingerprint density at radius 2 is 1.96 bits per heavy atom. The number of ether oxygens (including phenoxy) is 1. The molecule has 0 atom stereocenters. The van der Waals surface area contributed by atoms with Crippen LogP contribution in [-0.2, 0) is 0 Å². The Balaban J connectivity index is 1.97. The van der Waals surface area contributed by atoms with Crippen molar-refractivity contribution in [1.29, 1.82) is 5.26 Å². The smallest absolute Gasteiger partial charge is 0.149 e. The molecule has 1 aromatic heterocycles. The average Bonchev–Trinajstić information content (AvgIpc) is 2.67. The van der Waals surface area contributed by atoms with Crippen molar-refractivity contribution < 1.29 is 4.74 Å². The maximum atomic E-state index is 9.03. The number of nitrogens with one attached hydrogen (secondary N) is 1. The number of nitriles is 1. The number of hydrogen-bond donors (Lipinski definition) is 1. The Hall–Kier alpha value is -3.39. The lowest BCUT2D eigenvalue weighted by Crippen LogP contribution is -1.98. The molecule has 2 aromatic carbocycles. The maximum absolute atomic E-state index is 9.03. The molecule has 5 nitrogen and oxygen atoms in total. The molecule has 3 rings (SSSR count). The fourth-order valence-electron chi connectivity index (χ4n) is 2.66. The first-order valence-corrected chi connectivity index (χ1v) is 8.38. The number of methoxy groups -OCH3 is 1. The monoisotopic (exact) mass is 344 g/mol. The first kappa shape index (κ1) is 17.4. The molecule has 0 radical (unpaired) electrons. The quantitative estimate of drug-likeness (QED) is 0.713. The van der Waals surface area contributed by atoms with E-state index in [0.29, 0.717) is 17.3 Å². The molecule has 130 valence electrons. The molecule has 0 aliphatic heterocycles. The Morgan fingerprint density at radius 3 is 2.69 bits per heavy atom. The van der Waals surface area contributed by atoms with Crippen LogP contribution in [0.4, 0.5) is 11.5 Å². The van der Waals surface area contributed by atoms with Crippen LogP contribution in [0, 0.1) is 11.3 Å². The molecule has 0 saturated heterocycles. The average molecular weight is 344 g/mol. The van der Waals surface area contributed by atoms with Gasteiger partial charge in [-0.15, -0.1) is 0 Å². The van der Waals surface area contributed by atoms with Gasteiger partial charge in [0, 0.05) is 11.3 Å². The van der Waals surface area contributed by atoms with Gasteiger partial charge in [0.25, 0.3) is 0 Å². The molecule has 0 aliphatic rings. The van der Waals surface area contributed by atoms with E-state index in [1.807, 2.05) is 18.2 Å². The summed E-state index contributed by atoms with van der Waals surface area (Å²) in [6.45, 7) is 4.30. The second kappa shape index (κ2) is 7.66. The van der Waals surface area contributed by atoms with Gasteiger partial charge in [-0.25, -0.2) is 4.98 Å². The van der Waals surface area contributed by atoms with Gasteiger partial charge in [0.05, 0.1) is 36.8 Å². The van der Waals surface area contributed by atoms with Crippen molar-refractivity contribution in [3.05, 3.63) is 66.0 Å². The van der Waals surface area contributed by atoms with Crippen LogP contribution in [-0.4, -0.2) is 17.1 Å². The lowest BCUT2D eigenvalue weighted by Gasteiger charge is -2.13. The fraction of sp³-hybridized carbons (Fsp3) is 0.190. The van der Waals surface area contributed by atoms with Crippen LogP contribution in [0.25, 0.3) is 11.3 Å². The number of hydrogen-bond acceptors (Lipinski definition) is 5. The third-order valence-electron chi connectivity index (χ3n) is 4.06. The van der Waals surface area contributed by atoms with E-state index in [4.69, 9.17) is 10.00 Å². The second-order valence-electron chi connectivity index (χ2n) is 6.22. The third-order valence-corrected chi connectivity index (χ3v) is 4.06. The topological polar surface area (TPSA) is 70.8 Å². The van der Waals surface area contributed by atoms with Crippen molar-refractivity contribution in [3.63, 3.8) is 0 Å². The number of anilines is 2. The standard InChI is InChI=1S/C21H20N4O/c1-14(2)16-7-8-20(26-3)18(10-16)19-12-23-13-21(25-19)24-17-6-4-5-15(9-17)11-22/h4-10,12-14H,1-3H3,(H,24,25). The largest absolute Gasteiger partial charge is 0.496 e. The summed E-state index contributed by atoms with van der Waals surface area (Å²) in [7, 11) is 1.65. The van der Waals surface area contributed by atoms with Gasteiger partial charge in [0.2, 0.25) is 0 Å². The highest BCUT2D eigenvalue weighted by Gasteiger charge is 2.11. The molecule has 26 heavy (non-hydrogen) atoms. The zero-order valence-electron chi connectivity index (χ0n) is 15.0. The predicted molar refractivity (Wildman–Crippen MR) is 103 cm³/mol. The van der Waals surface area contributed by atoms with Crippen LogP contribution in [0.5, 0.6) is 5.75 Å². The van der Waals surface area contributed by atoms with Crippen LogP contribution in [0.1, 0.15) is 30.9 Å². The van der Waals surface area contributed by atoms with E-state index in [2.05, 4.69) is 47.3 Å². The van der Waals surface area contributed by atoms with Crippen molar-refractivity contribution in [2.45, 2.75) is 19.8 Å². The Labute approximate surface area is 153 Å². The molecule has 0 saturated carbocycles. The van der Waals surface area contributed by atoms with Gasteiger partial charge in [-0.3, -0.25) is 4.98 Å². The predicted octanol–water partition coefficient (Wildman–Crippen LogP) is 4.89. The molecule has 0 fully saturated rings. The van der Waals surface area contributed by atoms with Gasteiger partial charge in [-0.2, -0.15) is 5.26 Å². The molecule has 0 amide bonds. The van der Waals surface area contributed by atoms with Crippen molar-refractivity contribution >= 4 is 11.5 Å². The van der Waals surface area contributed by atoms with Gasteiger partial charge in [-0.05, 0) is 41.8 Å². The zero-order chi connectivity index (χ0) is 18.5. The SMILES string of the molecule is COc1ccc(C(C)C)cc1-c1cncc(Nc2cccc(C#N)c2)n1. The molecule has 1 N–H and O–H groups in total. The van der Waals surface area contributed by atoms with Gasteiger partial charge in [0.15, 0.2) is 0 Å². The van der Waals surface area contributed by atoms with Gasteiger partial charge in [-0.1, -0.05) is 26.0 Å². The van der Waals surface area contributed by atoms with Crippen LogP contribution in [0.15, 0.2) is 54.9 Å². The molecule has 3 aromatic rings. The molecule has 1 heterocycles. The van der Waals surface area contributed by atoms with Gasteiger partial charge >= 0.3 is 0 Å². The molecule has 0 bridgehead atoms. The molecule has 0 aliphatic carbocycles. The number of rotatable bonds is 5. The summed E-state index contributed by atoms with van der Waals surface area (Å²) in [5.41, 5.74) is 4.22. The third kappa shape index (κ3) is 3.81. The zero-order valence-corrected chi connectivity index (χ0v) is 15.0. The van der Waals surface area contributed by atoms with E-state index in [1.165, 1.54) is 5.56 Å². The minimum absolute atomic E-state index is 0.405. The van der Waals surface area contributed by atoms with Crippen molar-refractivity contribution in [2.24, 2.45) is 0 Å². The Kier molecular flexibility index (Phi) is 5.14. The van der Waals surface area contributed by atoms with E-state index in [0.717, 1.165) is 22.7 Å². The normalized spacial score (nSPS) is 10.4. The number of nitrogens with zero attached hydrogens (tertiary/aromatic N) is 3. The summed E-state index contributed by atoms with van der Waals surface area (Å²) in [6, 6.07) is 15.5.